The number of amides is 1. The first-order valence-corrected chi connectivity index (χ1v) is 8.35. The Labute approximate surface area is 109 Å². The molecule has 2 N–H and O–H groups in total. The fraction of sp³-hybridized carbons (Fsp3) is 0.917. The Bertz CT molecular complexity index is 440. The minimum absolute atomic E-state index is 0.0574. The zero-order chi connectivity index (χ0) is 13.4. The minimum atomic E-state index is -2.99. The second-order valence-electron chi connectivity index (χ2n) is 6.07. The molecular weight excluding hydrogens is 252 g/mol. The number of carbonyl (C=O) groups is 1. The number of sulfone groups is 1. The monoisotopic (exact) mass is 274 g/mol. The third-order valence-corrected chi connectivity index (χ3v) is 5.94. The maximum Gasteiger partial charge on any atom is 0.240 e. The van der Waals surface area contributed by atoms with Crippen LogP contribution in [0.1, 0.15) is 39.5 Å². The molecule has 0 aromatic heterocycles. The maximum absolute atomic E-state index is 12.3. The average Bonchev–Trinajstić information content (AvgIpc) is 2.54. The Morgan fingerprint density at radius 3 is 2.44 bits per heavy atom. The van der Waals surface area contributed by atoms with E-state index in [1.807, 2.05) is 13.8 Å². The molecule has 18 heavy (non-hydrogen) atoms. The topological polar surface area (TPSA) is 75.3 Å². The van der Waals surface area contributed by atoms with Crippen LogP contribution in [0.25, 0.3) is 0 Å². The lowest BCUT2D eigenvalue weighted by Gasteiger charge is -2.36. The Morgan fingerprint density at radius 2 is 1.94 bits per heavy atom. The summed E-state index contributed by atoms with van der Waals surface area (Å²) in [6.07, 6.45) is 3.44. The fourth-order valence-corrected chi connectivity index (χ4v) is 4.86. The van der Waals surface area contributed by atoms with E-state index in [1.165, 1.54) is 0 Å². The van der Waals surface area contributed by atoms with Gasteiger partial charge in [0.1, 0.15) is 0 Å². The van der Waals surface area contributed by atoms with Gasteiger partial charge in [-0.05, 0) is 46.1 Å². The van der Waals surface area contributed by atoms with Crippen LogP contribution in [0.3, 0.4) is 0 Å². The van der Waals surface area contributed by atoms with Crippen LogP contribution in [0.4, 0.5) is 0 Å². The molecule has 2 rings (SSSR count). The van der Waals surface area contributed by atoms with Gasteiger partial charge in [0.2, 0.25) is 5.91 Å². The predicted molar refractivity (Wildman–Crippen MR) is 70.1 cm³/mol. The summed E-state index contributed by atoms with van der Waals surface area (Å²) in [6, 6.07) is 0. The second-order valence-corrected chi connectivity index (χ2v) is 8.26. The Balaban J connectivity index is 2.03. The van der Waals surface area contributed by atoms with E-state index in [0.29, 0.717) is 6.42 Å². The SMILES string of the molecule is CC1(NC(=O)C2(C)CCCCN2)CCS(=O)(=O)C1. The minimum Gasteiger partial charge on any atom is -0.348 e. The van der Waals surface area contributed by atoms with Crippen molar-refractivity contribution in [1.29, 1.82) is 0 Å². The number of rotatable bonds is 2. The zero-order valence-electron chi connectivity index (χ0n) is 11.1. The highest BCUT2D eigenvalue weighted by atomic mass is 32.2. The molecule has 2 aliphatic heterocycles. The number of carbonyl (C=O) groups excluding carboxylic acids is 1. The van der Waals surface area contributed by atoms with Crippen molar-refractivity contribution < 1.29 is 13.2 Å². The third-order valence-electron chi connectivity index (χ3n) is 4.04. The summed E-state index contributed by atoms with van der Waals surface area (Å²) in [5.74, 6) is 0.164. The van der Waals surface area contributed by atoms with E-state index in [4.69, 9.17) is 0 Å². The summed E-state index contributed by atoms with van der Waals surface area (Å²) in [5.41, 5.74) is -1.15. The van der Waals surface area contributed by atoms with Crippen LogP contribution in [0.15, 0.2) is 0 Å². The van der Waals surface area contributed by atoms with Gasteiger partial charge in [0, 0.05) is 0 Å². The molecule has 2 saturated heterocycles. The van der Waals surface area contributed by atoms with Crippen LogP contribution in [0, 0.1) is 0 Å². The Hall–Kier alpha value is -0.620. The average molecular weight is 274 g/mol. The first-order valence-electron chi connectivity index (χ1n) is 6.53. The molecule has 0 spiro atoms. The molecule has 6 heteroatoms. The summed E-state index contributed by atoms with van der Waals surface area (Å²) in [5, 5.41) is 6.19. The van der Waals surface area contributed by atoms with Crippen LogP contribution < -0.4 is 10.6 Å². The number of piperidine rings is 1. The molecule has 1 amide bonds. The molecule has 2 atom stereocenters. The molecule has 5 nitrogen and oxygen atoms in total. The molecule has 2 fully saturated rings. The van der Waals surface area contributed by atoms with Gasteiger partial charge >= 0.3 is 0 Å². The molecule has 0 radical (unpaired) electrons. The Morgan fingerprint density at radius 1 is 1.22 bits per heavy atom. The van der Waals surface area contributed by atoms with Gasteiger partial charge in [-0.2, -0.15) is 0 Å². The van der Waals surface area contributed by atoms with Gasteiger partial charge in [0.25, 0.3) is 0 Å². The molecule has 104 valence electrons. The van der Waals surface area contributed by atoms with Gasteiger partial charge < -0.3 is 10.6 Å². The van der Waals surface area contributed by atoms with Crippen LogP contribution in [-0.4, -0.2) is 43.5 Å². The summed E-state index contributed by atoms with van der Waals surface area (Å²) in [6.45, 7) is 4.56. The van der Waals surface area contributed by atoms with E-state index in [0.717, 1.165) is 25.8 Å². The fourth-order valence-electron chi connectivity index (χ4n) is 2.77. The highest BCUT2D eigenvalue weighted by Gasteiger charge is 2.43. The van der Waals surface area contributed by atoms with Crippen molar-refractivity contribution in [3.8, 4) is 0 Å². The van der Waals surface area contributed by atoms with Crippen LogP contribution >= 0.6 is 0 Å². The number of hydrogen-bond acceptors (Lipinski definition) is 4. The lowest BCUT2D eigenvalue weighted by molar-refractivity contribution is -0.129. The predicted octanol–water partition coefficient (Wildman–Crippen LogP) is 0.212. The standard InChI is InChI=1S/C12H22N2O3S/c1-11(6-8-18(16,17)9-11)14-10(15)12(2)5-3-4-7-13-12/h13H,3-9H2,1-2H3,(H,14,15). The van der Waals surface area contributed by atoms with Crippen molar-refractivity contribution >= 4 is 15.7 Å². The Kier molecular flexibility index (Phi) is 3.44. The number of hydrogen-bond donors (Lipinski definition) is 2. The van der Waals surface area contributed by atoms with Crippen molar-refractivity contribution in [2.75, 3.05) is 18.1 Å². The van der Waals surface area contributed by atoms with E-state index < -0.39 is 20.9 Å². The highest BCUT2D eigenvalue weighted by Crippen LogP contribution is 2.25. The largest absolute Gasteiger partial charge is 0.348 e. The van der Waals surface area contributed by atoms with E-state index in [2.05, 4.69) is 10.6 Å². The maximum atomic E-state index is 12.3. The summed E-state index contributed by atoms with van der Waals surface area (Å²) >= 11 is 0. The van der Waals surface area contributed by atoms with E-state index in [-0.39, 0.29) is 17.4 Å². The molecule has 0 aliphatic carbocycles. The van der Waals surface area contributed by atoms with Crippen molar-refractivity contribution in [3.63, 3.8) is 0 Å². The van der Waals surface area contributed by atoms with Gasteiger partial charge in [0.15, 0.2) is 9.84 Å². The molecule has 0 bridgehead atoms. The van der Waals surface area contributed by atoms with E-state index in [1.54, 1.807) is 0 Å². The van der Waals surface area contributed by atoms with Gasteiger partial charge in [-0.25, -0.2) is 8.42 Å². The van der Waals surface area contributed by atoms with Crippen molar-refractivity contribution in [1.82, 2.24) is 10.6 Å². The molecule has 0 aromatic carbocycles. The lowest BCUT2D eigenvalue weighted by atomic mass is 9.88. The van der Waals surface area contributed by atoms with E-state index in [9.17, 15) is 13.2 Å². The highest BCUT2D eigenvalue weighted by molar-refractivity contribution is 7.91. The quantitative estimate of drug-likeness (QED) is 0.755. The van der Waals surface area contributed by atoms with E-state index >= 15 is 0 Å². The van der Waals surface area contributed by atoms with Crippen LogP contribution in [-0.2, 0) is 14.6 Å². The molecule has 2 heterocycles. The summed E-state index contributed by atoms with van der Waals surface area (Å²) < 4.78 is 23.0. The van der Waals surface area contributed by atoms with Crippen molar-refractivity contribution in [2.45, 2.75) is 50.6 Å². The molecular formula is C12H22N2O3S. The van der Waals surface area contributed by atoms with Crippen LogP contribution in [0.5, 0.6) is 0 Å². The third kappa shape index (κ3) is 2.85. The normalized spacial score (nSPS) is 39.4. The lowest BCUT2D eigenvalue weighted by Crippen LogP contribution is -2.61. The number of nitrogens with one attached hydrogen (secondary N) is 2. The summed E-state index contributed by atoms with van der Waals surface area (Å²) in [4.78, 5) is 12.3. The van der Waals surface area contributed by atoms with Gasteiger partial charge in [-0.3, -0.25) is 4.79 Å². The van der Waals surface area contributed by atoms with Gasteiger partial charge in [-0.1, -0.05) is 0 Å². The molecule has 2 unspecified atom stereocenters. The first kappa shape index (κ1) is 13.8. The molecule has 2 aliphatic rings. The smallest absolute Gasteiger partial charge is 0.240 e. The second kappa shape index (κ2) is 4.49. The van der Waals surface area contributed by atoms with Gasteiger partial charge in [-0.15, -0.1) is 0 Å². The molecule has 0 saturated carbocycles. The van der Waals surface area contributed by atoms with Crippen LogP contribution in [0.2, 0.25) is 0 Å². The molecule has 0 aromatic rings. The summed E-state index contributed by atoms with van der Waals surface area (Å²) in [7, 11) is -2.99. The van der Waals surface area contributed by atoms with Crippen molar-refractivity contribution in [2.24, 2.45) is 0 Å². The van der Waals surface area contributed by atoms with Gasteiger partial charge in [0.05, 0.1) is 22.6 Å². The van der Waals surface area contributed by atoms with Crippen molar-refractivity contribution in [3.05, 3.63) is 0 Å². The first-order chi connectivity index (χ1) is 8.25. The zero-order valence-corrected chi connectivity index (χ0v) is 11.9.